The Labute approximate surface area is 87.8 Å². The molecule has 0 aliphatic rings. The third-order valence-electron chi connectivity index (χ3n) is 1.71. The number of carbonyl (C=O) groups is 1. The van der Waals surface area contributed by atoms with E-state index in [0.717, 1.165) is 5.56 Å². The molecule has 0 unspecified atom stereocenters. The van der Waals surface area contributed by atoms with Crippen molar-refractivity contribution in [1.82, 2.24) is 0 Å². The maximum absolute atomic E-state index is 10.3. The molecule has 0 spiro atoms. The molecule has 0 radical (unpaired) electrons. The Morgan fingerprint density at radius 3 is 2.57 bits per heavy atom. The molecular formula is C11H11ClO2. The van der Waals surface area contributed by atoms with Crippen LogP contribution in [0.5, 0.6) is 0 Å². The molecule has 0 atom stereocenters. The van der Waals surface area contributed by atoms with Crippen molar-refractivity contribution in [3.05, 3.63) is 47.0 Å². The molecule has 0 amide bonds. The molecule has 2 nitrogen and oxygen atoms in total. The lowest BCUT2D eigenvalue weighted by Crippen LogP contribution is -1.92. The van der Waals surface area contributed by atoms with E-state index in [-0.39, 0.29) is 6.42 Å². The van der Waals surface area contributed by atoms with Gasteiger partial charge in [-0.2, -0.15) is 0 Å². The lowest BCUT2D eigenvalue weighted by molar-refractivity contribution is -0.136. The van der Waals surface area contributed by atoms with E-state index in [1.165, 1.54) is 6.08 Å². The zero-order chi connectivity index (χ0) is 10.4. The van der Waals surface area contributed by atoms with Crippen molar-refractivity contribution in [3.8, 4) is 0 Å². The molecule has 3 heteroatoms. The fraction of sp³-hybridized carbons (Fsp3) is 0.182. The van der Waals surface area contributed by atoms with Gasteiger partial charge in [-0.25, -0.2) is 0 Å². The summed E-state index contributed by atoms with van der Waals surface area (Å²) in [5.74, 6) is -0.865. The highest BCUT2D eigenvalue weighted by atomic mass is 35.5. The Morgan fingerprint density at radius 2 is 2.00 bits per heavy atom. The summed E-state index contributed by atoms with van der Waals surface area (Å²) in [7, 11) is 0. The van der Waals surface area contributed by atoms with E-state index in [1.807, 2.05) is 30.3 Å². The van der Waals surface area contributed by atoms with Gasteiger partial charge in [0.05, 0.1) is 6.42 Å². The number of rotatable bonds is 4. The summed E-state index contributed by atoms with van der Waals surface area (Å²) >= 11 is 5.86. The minimum atomic E-state index is -0.865. The van der Waals surface area contributed by atoms with Gasteiger partial charge in [0, 0.05) is 11.5 Å². The zero-order valence-electron chi connectivity index (χ0n) is 7.61. The molecule has 0 aromatic heterocycles. The molecule has 0 saturated heterocycles. The van der Waals surface area contributed by atoms with Gasteiger partial charge in [-0.3, -0.25) is 4.79 Å². The van der Waals surface area contributed by atoms with Crippen molar-refractivity contribution in [2.45, 2.75) is 12.8 Å². The van der Waals surface area contributed by atoms with Crippen LogP contribution in [0.25, 0.3) is 0 Å². The van der Waals surface area contributed by atoms with E-state index in [4.69, 9.17) is 16.7 Å². The summed E-state index contributed by atoms with van der Waals surface area (Å²) in [6.07, 6.45) is 2.10. The average molecular weight is 211 g/mol. The number of benzene rings is 1. The van der Waals surface area contributed by atoms with E-state index < -0.39 is 5.97 Å². The Hall–Kier alpha value is -1.28. The smallest absolute Gasteiger partial charge is 0.307 e. The molecule has 74 valence electrons. The van der Waals surface area contributed by atoms with E-state index in [0.29, 0.717) is 11.5 Å². The number of hydrogen-bond acceptors (Lipinski definition) is 1. The topological polar surface area (TPSA) is 37.3 Å². The summed E-state index contributed by atoms with van der Waals surface area (Å²) in [5.41, 5.74) is 1.08. The maximum Gasteiger partial charge on any atom is 0.307 e. The standard InChI is InChI=1S/C11H11ClO2/c12-10(6-7-11(13)14)8-9-4-2-1-3-5-9/h1-6H,7-8H2,(H,13,14)/b10-6-. The van der Waals surface area contributed by atoms with Gasteiger partial charge in [-0.05, 0) is 5.56 Å². The number of carboxylic acid groups (broad SMARTS) is 1. The SMILES string of the molecule is O=C(O)C/C=C(\Cl)Cc1ccccc1. The molecule has 0 fully saturated rings. The molecule has 1 N–H and O–H groups in total. The zero-order valence-corrected chi connectivity index (χ0v) is 8.37. The van der Waals surface area contributed by atoms with Crippen LogP contribution >= 0.6 is 11.6 Å². The molecule has 1 aromatic carbocycles. The average Bonchev–Trinajstić information content (AvgIpc) is 2.16. The fourth-order valence-electron chi connectivity index (χ4n) is 1.06. The summed E-state index contributed by atoms with van der Waals surface area (Å²) in [6.45, 7) is 0. The first-order valence-corrected chi connectivity index (χ1v) is 4.66. The largest absolute Gasteiger partial charge is 0.481 e. The second-order valence-corrected chi connectivity index (χ2v) is 3.40. The summed E-state index contributed by atoms with van der Waals surface area (Å²) in [4.78, 5) is 10.3. The molecule has 0 aliphatic heterocycles. The van der Waals surface area contributed by atoms with E-state index in [1.54, 1.807) is 0 Å². The number of aliphatic carboxylic acids is 1. The van der Waals surface area contributed by atoms with Gasteiger partial charge >= 0.3 is 5.97 Å². The van der Waals surface area contributed by atoms with Crippen molar-refractivity contribution >= 4 is 17.6 Å². The number of allylic oxidation sites excluding steroid dienone is 1. The van der Waals surface area contributed by atoms with Crippen LogP contribution in [-0.4, -0.2) is 11.1 Å². The lowest BCUT2D eigenvalue weighted by atomic mass is 10.1. The monoisotopic (exact) mass is 210 g/mol. The van der Waals surface area contributed by atoms with Crippen LogP contribution in [0.3, 0.4) is 0 Å². The normalized spacial score (nSPS) is 11.4. The summed E-state index contributed by atoms with van der Waals surface area (Å²) < 4.78 is 0. The van der Waals surface area contributed by atoms with Crippen LogP contribution < -0.4 is 0 Å². The van der Waals surface area contributed by atoms with E-state index >= 15 is 0 Å². The van der Waals surface area contributed by atoms with Gasteiger partial charge in [0.1, 0.15) is 0 Å². The van der Waals surface area contributed by atoms with Gasteiger partial charge in [-0.1, -0.05) is 48.0 Å². The summed E-state index contributed by atoms with van der Waals surface area (Å²) in [6, 6.07) is 9.69. The molecule has 1 aromatic rings. The first-order chi connectivity index (χ1) is 6.68. The van der Waals surface area contributed by atoms with Gasteiger partial charge in [0.15, 0.2) is 0 Å². The van der Waals surface area contributed by atoms with E-state index in [9.17, 15) is 4.79 Å². The third kappa shape index (κ3) is 4.10. The van der Waals surface area contributed by atoms with Gasteiger partial charge in [0.2, 0.25) is 0 Å². The quantitative estimate of drug-likeness (QED) is 0.830. The molecule has 1 rings (SSSR count). The van der Waals surface area contributed by atoms with Gasteiger partial charge in [0.25, 0.3) is 0 Å². The Kier molecular flexibility index (Phi) is 4.20. The van der Waals surface area contributed by atoms with Gasteiger partial charge < -0.3 is 5.11 Å². The third-order valence-corrected chi connectivity index (χ3v) is 2.00. The molecule has 14 heavy (non-hydrogen) atoms. The first kappa shape index (κ1) is 10.8. The molecule has 0 bridgehead atoms. The summed E-state index contributed by atoms with van der Waals surface area (Å²) in [5, 5.41) is 8.99. The predicted molar refractivity (Wildman–Crippen MR) is 56.3 cm³/mol. The predicted octanol–water partition coefficient (Wildman–Crippen LogP) is 2.83. The van der Waals surface area contributed by atoms with Crippen LogP contribution in [0.2, 0.25) is 0 Å². The van der Waals surface area contributed by atoms with Crippen molar-refractivity contribution in [3.63, 3.8) is 0 Å². The lowest BCUT2D eigenvalue weighted by Gasteiger charge is -1.98. The van der Waals surface area contributed by atoms with Crippen LogP contribution in [0.15, 0.2) is 41.4 Å². The highest BCUT2D eigenvalue weighted by molar-refractivity contribution is 6.29. The Morgan fingerprint density at radius 1 is 1.36 bits per heavy atom. The van der Waals surface area contributed by atoms with Gasteiger partial charge in [-0.15, -0.1) is 0 Å². The second-order valence-electron chi connectivity index (χ2n) is 2.91. The Balaban J connectivity index is 2.53. The second kappa shape index (κ2) is 5.45. The van der Waals surface area contributed by atoms with Crippen molar-refractivity contribution < 1.29 is 9.90 Å². The molecular weight excluding hydrogens is 200 g/mol. The van der Waals surface area contributed by atoms with Crippen molar-refractivity contribution in [2.24, 2.45) is 0 Å². The number of halogens is 1. The highest BCUT2D eigenvalue weighted by Gasteiger charge is 1.97. The molecule has 0 heterocycles. The molecule has 0 saturated carbocycles. The number of hydrogen-bond donors (Lipinski definition) is 1. The van der Waals surface area contributed by atoms with Crippen molar-refractivity contribution in [1.29, 1.82) is 0 Å². The minimum absolute atomic E-state index is 0.0222. The Bertz CT molecular complexity index is 330. The van der Waals surface area contributed by atoms with Crippen LogP contribution in [-0.2, 0) is 11.2 Å². The maximum atomic E-state index is 10.3. The van der Waals surface area contributed by atoms with Crippen molar-refractivity contribution in [2.75, 3.05) is 0 Å². The van der Waals surface area contributed by atoms with Crippen LogP contribution in [0, 0.1) is 0 Å². The van der Waals surface area contributed by atoms with Crippen LogP contribution in [0.1, 0.15) is 12.0 Å². The highest BCUT2D eigenvalue weighted by Crippen LogP contribution is 2.11. The minimum Gasteiger partial charge on any atom is -0.481 e. The fourth-order valence-corrected chi connectivity index (χ4v) is 1.29. The van der Waals surface area contributed by atoms with E-state index in [2.05, 4.69) is 0 Å². The molecule has 0 aliphatic carbocycles. The van der Waals surface area contributed by atoms with Crippen LogP contribution in [0.4, 0.5) is 0 Å². The first-order valence-electron chi connectivity index (χ1n) is 4.28. The number of carboxylic acids is 1.